The molecule has 0 radical (unpaired) electrons. The van der Waals surface area contributed by atoms with Crippen LogP contribution in [0, 0.1) is 13.8 Å². The molecule has 4 nitrogen and oxygen atoms in total. The van der Waals surface area contributed by atoms with Crippen molar-refractivity contribution in [3.05, 3.63) is 29.3 Å². The van der Waals surface area contributed by atoms with E-state index in [-0.39, 0.29) is 6.03 Å². The van der Waals surface area contributed by atoms with Crippen molar-refractivity contribution >= 4 is 11.7 Å². The molecule has 0 saturated carbocycles. The van der Waals surface area contributed by atoms with E-state index in [0.717, 1.165) is 18.8 Å². The summed E-state index contributed by atoms with van der Waals surface area (Å²) in [6.45, 7) is 8.26. The minimum Gasteiger partial charge on any atom is -0.321 e. The highest BCUT2D eigenvalue weighted by atomic mass is 16.2. The fourth-order valence-electron chi connectivity index (χ4n) is 3.21. The number of urea groups is 1. The zero-order valence-electron chi connectivity index (χ0n) is 12.4. The molecule has 3 rings (SSSR count). The van der Waals surface area contributed by atoms with Crippen molar-refractivity contribution in [3.63, 3.8) is 0 Å². The van der Waals surface area contributed by atoms with Crippen LogP contribution in [0.15, 0.2) is 18.2 Å². The Bertz CT molecular complexity index is 482. The van der Waals surface area contributed by atoms with Crippen LogP contribution in [-0.2, 0) is 0 Å². The molecule has 0 spiro atoms. The Labute approximate surface area is 120 Å². The number of benzene rings is 1. The van der Waals surface area contributed by atoms with Crippen LogP contribution < -0.4 is 5.32 Å². The van der Waals surface area contributed by atoms with Crippen LogP contribution in [0.3, 0.4) is 0 Å². The summed E-state index contributed by atoms with van der Waals surface area (Å²) < 4.78 is 0. The first-order valence-corrected chi connectivity index (χ1v) is 7.50. The molecule has 108 valence electrons. The minimum atomic E-state index is 0.0328. The number of hydrogen-bond donors (Lipinski definition) is 1. The second-order valence-electron chi connectivity index (χ2n) is 6.11. The van der Waals surface area contributed by atoms with Crippen molar-refractivity contribution in [1.29, 1.82) is 0 Å². The zero-order valence-corrected chi connectivity index (χ0v) is 12.4. The molecule has 1 aromatic carbocycles. The molecule has 0 atom stereocenters. The number of rotatable bonds is 2. The minimum absolute atomic E-state index is 0.0328. The third-order valence-corrected chi connectivity index (χ3v) is 4.28. The first-order valence-electron chi connectivity index (χ1n) is 7.50. The third kappa shape index (κ3) is 2.80. The smallest absolute Gasteiger partial charge is 0.321 e. The number of nitrogens with zero attached hydrogens (tertiary/aromatic N) is 2. The molecule has 1 N–H and O–H groups in total. The molecule has 2 aliphatic heterocycles. The Morgan fingerprint density at radius 1 is 1.10 bits per heavy atom. The number of amides is 2. The first-order chi connectivity index (χ1) is 9.61. The van der Waals surface area contributed by atoms with Gasteiger partial charge in [-0.15, -0.1) is 0 Å². The van der Waals surface area contributed by atoms with Gasteiger partial charge in [0.2, 0.25) is 0 Å². The van der Waals surface area contributed by atoms with Gasteiger partial charge in [-0.2, -0.15) is 0 Å². The van der Waals surface area contributed by atoms with E-state index in [9.17, 15) is 4.79 Å². The second kappa shape index (κ2) is 5.44. The highest BCUT2D eigenvalue weighted by Gasteiger charge is 2.35. The molecule has 2 fully saturated rings. The Hall–Kier alpha value is -1.55. The van der Waals surface area contributed by atoms with Gasteiger partial charge in [0.15, 0.2) is 0 Å². The fourth-order valence-corrected chi connectivity index (χ4v) is 3.21. The van der Waals surface area contributed by atoms with Crippen LogP contribution in [0.1, 0.15) is 24.0 Å². The molecular weight excluding hydrogens is 250 g/mol. The molecule has 0 unspecified atom stereocenters. The quantitative estimate of drug-likeness (QED) is 0.899. The van der Waals surface area contributed by atoms with Gasteiger partial charge >= 0.3 is 6.03 Å². The van der Waals surface area contributed by atoms with Gasteiger partial charge in [0, 0.05) is 24.8 Å². The van der Waals surface area contributed by atoms with Crippen molar-refractivity contribution in [2.75, 3.05) is 31.5 Å². The van der Waals surface area contributed by atoms with E-state index in [0.29, 0.717) is 6.04 Å². The molecule has 2 aliphatic rings. The van der Waals surface area contributed by atoms with Crippen molar-refractivity contribution in [2.24, 2.45) is 0 Å². The summed E-state index contributed by atoms with van der Waals surface area (Å²) in [6, 6.07) is 6.77. The number of hydrogen-bond acceptors (Lipinski definition) is 2. The van der Waals surface area contributed by atoms with Crippen molar-refractivity contribution in [1.82, 2.24) is 9.80 Å². The Morgan fingerprint density at radius 3 is 2.30 bits per heavy atom. The topological polar surface area (TPSA) is 35.6 Å². The van der Waals surface area contributed by atoms with Gasteiger partial charge in [0.25, 0.3) is 0 Å². The van der Waals surface area contributed by atoms with E-state index in [1.54, 1.807) is 0 Å². The Balaban J connectivity index is 1.53. The highest BCUT2D eigenvalue weighted by molar-refractivity contribution is 5.90. The summed E-state index contributed by atoms with van der Waals surface area (Å²) in [5.41, 5.74) is 3.26. The maximum atomic E-state index is 12.2. The molecular formula is C16H23N3O. The number of nitrogens with one attached hydrogen (secondary N) is 1. The lowest BCUT2D eigenvalue weighted by Crippen LogP contribution is -2.61. The van der Waals surface area contributed by atoms with Crippen LogP contribution in [0.2, 0.25) is 0 Å². The van der Waals surface area contributed by atoms with E-state index in [2.05, 4.69) is 30.1 Å². The van der Waals surface area contributed by atoms with Gasteiger partial charge in [0.05, 0.1) is 0 Å². The van der Waals surface area contributed by atoms with Gasteiger partial charge in [0.1, 0.15) is 0 Å². The molecule has 4 heteroatoms. The van der Waals surface area contributed by atoms with Crippen LogP contribution in [0.25, 0.3) is 0 Å². The van der Waals surface area contributed by atoms with Gasteiger partial charge in [-0.05, 0) is 63.0 Å². The summed E-state index contributed by atoms with van der Waals surface area (Å²) in [5.74, 6) is 0. The monoisotopic (exact) mass is 273 g/mol. The Morgan fingerprint density at radius 2 is 1.70 bits per heavy atom. The second-order valence-corrected chi connectivity index (χ2v) is 6.11. The van der Waals surface area contributed by atoms with Crippen molar-refractivity contribution in [2.45, 2.75) is 32.7 Å². The van der Waals surface area contributed by atoms with Gasteiger partial charge in [-0.3, -0.25) is 4.90 Å². The van der Waals surface area contributed by atoms with Crippen molar-refractivity contribution in [3.8, 4) is 0 Å². The van der Waals surface area contributed by atoms with E-state index in [1.165, 1.54) is 37.1 Å². The molecule has 0 aliphatic carbocycles. The Kier molecular flexibility index (Phi) is 3.66. The zero-order chi connectivity index (χ0) is 14.1. The third-order valence-electron chi connectivity index (χ3n) is 4.28. The normalized spacial score (nSPS) is 20.0. The highest BCUT2D eigenvalue weighted by Crippen LogP contribution is 2.21. The van der Waals surface area contributed by atoms with Gasteiger partial charge in [-0.25, -0.2) is 4.79 Å². The lowest BCUT2D eigenvalue weighted by molar-refractivity contribution is 0.0776. The molecule has 2 heterocycles. The maximum Gasteiger partial charge on any atom is 0.321 e. The molecule has 0 aromatic heterocycles. The molecule has 2 saturated heterocycles. The molecule has 1 aromatic rings. The number of aryl methyl sites for hydroxylation is 2. The SMILES string of the molecule is Cc1cc(C)cc(NC(=O)N2CC(N3CCCC3)C2)c1. The average Bonchev–Trinajstić information content (AvgIpc) is 2.78. The van der Waals surface area contributed by atoms with Crippen LogP contribution in [-0.4, -0.2) is 48.1 Å². The molecule has 0 bridgehead atoms. The standard InChI is InChI=1S/C16H23N3O/c1-12-7-13(2)9-14(8-12)17-16(20)19-10-15(11-19)18-5-3-4-6-18/h7-9,15H,3-6,10-11H2,1-2H3,(H,17,20). The van der Waals surface area contributed by atoms with Gasteiger partial charge < -0.3 is 10.2 Å². The van der Waals surface area contributed by atoms with Gasteiger partial charge in [-0.1, -0.05) is 6.07 Å². The number of carbonyl (C=O) groups excluding carboxylic acids is 1. The summed E-state index contributed by atoms with van der Waals surface area (Å²) in [7, 11) is 0. The van der Waals surface area contributed by atoms with E-state index < -0.39 is 0 Å². The summed E-state index contributed by atoms with van der Waals surface area (Å²) in [4.78, 5) is 16.6. The van der Waals surface area contributed by atoms with E-state index >= 15 is 0 Å². The molecule has 2 amide bonds. The maximum absolute atomic E-state index is 12.2. The van der Waals surface area contributed by atoms with E-state index in [4.69, 9.17) is 0 Å². The average molecular weight is 273 g/mol. The fraction of sp³-hybridized carbons (Fsp3) is 0.562. The predicted molar refractivity (Wildman–Crippen MR) is 81.1 cm³/mol. The van der Waals surface area contributed by atoms with Crippen LogP contribution in [0.5, 0.6) is 0 Å². The first kappa shape index (κ1) is 13.4. The van der Waals surface area contributed by atoms with E-state index in [1.807, 2.05) is 17.0 Å². The lowest BCUT2D eigenvalue weighted by atomic mass is 10.1. The number of carbonyl (C=O) groups is 1. The van der Waals surface area contributed by atoms with Crippen molar-refractivity contribution < 1.29 is 4.79 Å². The lowest BCUT2D eigenvalue weighted by Gasteiger charge is -2.43. The summed E-state index contributed by atoms with van der Waals surface area (Å²) >= 11 is 0. The largest absolute Gasteiger partial charge is 0.321 e. The van der Waals surface area contributed by atoms with Crippen LogP contribution in [0.4, 0.5) is 10.5 Å². The number of anilines is 1. The summed E-state index contributed by atoms with van der Waals surface area (Å²) in [6.07, 6.45) is 2.62. The number of likely N-dealkylation sites (tertiary alicyclic amines) is 2. The summed E-state index contributed by atoms with van der Waals surface area (Å²) in [5, 5.41) is 3.01. The predicted octanol–water partition coefficient (Wildman–Crippen LogP) is 2.62. The molecule has 20 heavy (non-hydrogen) atoms. The van der Waals surface area contributed by atoms with Crippen LogP contribution >= 0.6 is 0 Å².